The van der Waals surface area contributed by atoms with Crippen LogP contribution in [0.2, 0.25) is 0 Å². The topological polar surface area (TPSA) is 66.0 Å². The number of aryl methyl sites for hydroxylation is 1. The van der Waals surface area contributed by atoms with E-state index in [0.29, 0.717) is 18.3 Å². The highest BCUT2D eigenvalue weighted by Crippen LogP contribution is 2.54. The molecule has 4 aromatic rings. The van der Waals surface area contributed by atoms with E-state index in [9.17, 15) is 4.39 Å². The van der Waals surface area contributed by atoms with Crippen LogP contribution in [0.4, 0.5) is 4.39 Å². The molecule has 1 aliphatic carbocycles. The third-order valence-electron chi connectivity index (χ3n) is 5.34. The fourth-order valence-electron chi connectivity index (χ4n) is 3.76. The lowest BCUT2D eigenvalue weighted by molar-refractivity contribution is 0.371. The van der Waals surface area contributed by atoms with Crippen LogP contribution in [0, 0.1) is 12.7 Å². The predicted molar refractivity (Wildman–Crippen MR) is 101 cm³/mol. The Bertz CT molecular complexity index is 1170. The van der Waals surface area contributed by atoms with Gasteiger partial charge in [0, 0.05) is 5.92 Å². The lowest BCUT2D eigenvalue weighted by atomic mass is 10.1. The van der Waals surface area contributed by atoms with E-state index in [4.69, 9.17) is 9.26 Å². The van der Waals surface area contributed by atoms with Crippen molar-refractivity contribution in [2.24, 2.45) is 0 Å². The standard InChI is InChI=1S/C21H19FN4O2/c1-12-23-17-5-3-4-6-18(17)26(12)11-20-24-21(28-25-20)15-10-14(15)13-7-8-16(22)19(9-13)27-2/h3-9,14-15H,10-11H2,1-2H3/t14-,15+/m0/s1. The predicted octanol–water partition coefficient (Wildman–Crippen LogP) is 4.19. The molecule has 2 aromatic carbocycles. The van der Waals surface area contributed by atoms with Crippen molar-refractivity contribution >= 4 is 11.0 Å². The van der Waals surface area contributed by atoms with E-state index in [1.807, 2.05) is 31.2 Å². The third-order valence-corrected chi connectivity index (χ3v) is 5.34. The van der Waals surface area contributed by atoms with Crippen molar-refractivity contribution in [2.45, 2.75) is 31.7 Å². The van der Waals surface area contributed by atoms with Gasteiger partial charge in [-0.05, 0) is 49.1 Å². The largest absolute Gasteiger partial charge is 0.494 e. The first-order valence-electron chi connectivity index (χ1n) is 9.22. The average molecular weight is 378 g/mol. The molecule has 0 bridgehead atoms. The molecule has 0 N–H and O–H groups in total. The van der Waals surface area contributed by atoms with E-state index >= 15 is 0 Å². The van der Waals surface area contributed by atoms with E-state index in [1.165, 1.54) is 13.2 Å². The highest BCUT2D eigenvalue weighted by Gasteiger charge is 2.44. The summed E-state index contributed by atoms with van der Waals surface area (Å²) in [5.74, 6) is 2.49. The van der Waals surface area contributed by atoms with Crippen LogP contribution in [-0.2, 0) is 6.54 Å². The van der Waals surface area contributed by atoms with Gasteiger partial charge < -0.3 is 13.8 Å². The molecule has 2 heterocycles. The molecule has 2 atom stereocenters. The summed E-state index contributed by atoms with van der Waals surface area (Å²) in [6, 6.07) is 13.0. The molecule has 1 aliphatic rings. The van der Waals surface area contributed by atoms with Crippen LogP contribution in [0.1, 0.15) is 41.4 Å². The highest BCUT2D eigenvalue weighted by molar-refractivity contribution is 5.75. The van der Waals surface area contributed by atoms with Crippen molar-refractivity contribution < 1.29 is 13.7 Å². The molecule has 1 fully saturated rings. The smallest absolute Gasteiger partial charge is 0.230 e. The summed E-state index contributed by atoms with van der Waals surface area (Å²) in [6.07, 6.45) is 0.906. The molecule has 1 saturated carbocycles. The van der Waals surface area contributed by atoms with Gasteiger partial charge in [0.15, 0.2) is 17.4 Å². The van der Waals surface area contributed by atoms with Gasteiger partial charge >= 0.3 is 0 Å². The number of hydrogen-bond donors (Lipinski definition) is 0. The number of ether oxygens (including phenoxy) is 1. The van der Waals surface area contributed by atoms with Crippen molar-refractivity contribution in [1.29, 1.82) is 0 Å². The zero-order valence-electron chi connectivity index (χ0n) is 15.6. The lowest BCUT2D eigenvalue weighted by Crippen LogP contribution is -2.03. The summed E-state index contributed by atoms with van der Waals surface area (Å²) < 4.78 is 26.3. The Kier molecular flexibility index (Phi) is 3.89. The zero-order valence-corrected chi connectivity index (χ0v) is 15.6. The van der Waals surface area contributed by atoms with Gasteiger partial charge in [0.25, 0.3) is 0 Å². The summed E-state index contributed by atoms with van der Waals surface area (Å²) in [5.41, 5.74) is 3.03. The SMILES string of the molecule is COc1cc([C@@H]2C[C@H]2c2nc(Cn3c(C)nc4ccccc43)no2)ccc1F. The first-order valence-corrected chi connectivity index (χ1v) is 9.22. The number of halogens is 1. The molecule has 7 heteroatoms. The minimum absolute atomic E-state index is 0.164. The number of para-hydroxylation sites is 2. The van der Waals surface area contributed by atoms with Crippen LogP contribution in [0.3, 0.4) is 0 Å². The molecule has 5 rings (SSSR count). The van der Waals surface area contributed by atoms with Crippen molar-refractivity contribution in [2.75, 3.05) is 7.11 Å². The maximum absolute atomic E-state index is 13.6. The lowest BCUT2D eigenvalue weighted by Gasteiger charge is -2.04. The van der Waals surface area contributed by atoms with Crippen molar-refractivity contribution in [1.82, 2.24) is 19.7 Å². The molecule has 0 radical (unpaired) electrons. The molecular weight excluding hydrogens is 359 g/mol. The number of nitrogens with zero attached hydrogens (tertiary/aromatic N) is 4. The van der Waals surface area contributed by atoms with Crippen LogP contribution >= 0.6 is 0 Å². The van der Waals surface area contributed by atoms with Crippen molar-refractivity contribution in [3.63, 3.8) is 0 Å². The zero-order chi connectivity index (χ0) is 19.3. The van der Waals surface area contributed by atoms with Gasteiger partial charge in [0.2, 0.25) is 5.89 Å². The van der Waals surface area contributed by atoms with E-state index in [1.54, 1.807) is 12.1 Å². The fraction of sp³-hybridized carbons (Fsp3) is 0.286. The highest BCUT2D eigenvalue weighted by atomic mass is 19.1. The molecule has 142 valence electrons. The van der Waals surface area contributed by atoms with E-state index in [0.717, 1.165) is 28.8 Å². The first kappa shape index (κ1) is 16.9. The quantitative estimate of drug-likeness (QED) is 0.521. The summed E-state index contributed by atoms with van der Waals surface area (Å²) in [6.45, 7) is 2.48. The molecule has 0 aliphatic heterocycles. The maximum atomic E-state index is 13.6. The van der Waals surface area contributed by atoms with E-state index in [2.05, 4.69) is 19.7 Å². The van der Waals surface area contributed by atoms with Gasteiger partial charge in [-0.3, -0.25) is 0 Å². The van der Waals surface area contributed by atoms with Gasteiger partial charge in [-0.2, -0.15) is 4.98 Å². The fourth-order valence-corrected chi connectivity index (χ4v) is 3.76. The maximum Gasteiger partial charge on any atom is 0.230 e. The number of aromatic nitrogens is 4. The van der Waals surface area contributed by atoms with Gasteiger partial charge in [0.1, 0.15) is 5.82 Å². The summed E-state index contributed by atoms with van der Waals surface area (Å²) in [4.78, 5) is 9.17. The van der Waals surface area contributed by atoms with Gasteiger partial charge in [-0.1, -0.05) is 23.4 Å². The number of imidazole rings is 1. The van der Waals surface area contributed by atoms with Crippen LogP contribution in [0.15, 0.2) is 47.0 Å². The monoisotopic (exact) mass is 378 g/mol. The van der Waals surface area contributed by atoms with Crippen molar-refractivity contribution in [3.05, 3.63) is 71.4 Å². The second-order valence-electron chi connectivity index (χ2n) is 7.13. The second kappa shape index (κ2) is 6.44. The number of fused-ring (bicyclic) bond motifs is 1. The minimum atomic E-state index is -0.355. The summed E-state index contributed by atoms with van der Waals surface area (Å²) in [5, 5.41) is 4.16. The molecule has 2 aromatic heterocycles. The van der Waals surface area contributed by atoms with Crippen LogP contribution in [0.25, 0.3) is 11.0 Å². The van der Waals surface area contributed by atoms with E-state index < -0.39 is 0 Å². The molecule has 0 unspecified atom stereocenters. The number of methoxy groups -OCH3 is 1. The van der Waals surface area contributed by atoms with Crippen LogP contribution < -0.4 is 4.74 Å². The number of rotatable bonds is 5. The second-order valence-corrected chi connectivity index (χ2v) is 7.13. The molecule has 0 spiro atoms. The summed E-state index contributed by atoms with van der Waals surface area (Å²) in [7, 11) is 1.47. The van der Waals surface area contributed by atoms with Crippen molar-refractivity contribution in [3.8, 4) is 5.75 Å². The van der Waals surface area contributed by atoms with Gasteiger partial charge in [0.05, 0.1) is 24.7 Å². The van der Waals surface area contributed by atoms with E-state index in [-0.39, 0.29) is 23.4 Å². The Hall–Kier alpha value is -3.22. The van der Waals surface area contributed by atoms with Crippen LogP contribution in [0.5, 0.6) is 5.75 Å². The minimum Gasteiger partial charge on any atom is -0.494 e. The normalized spacial score (nSPS) is 18.5. The average Bonchev–Trinajstić information content (AvgIpc) is 3.26. The number of benzene rings is 2. The molecule has 0 saturated heterocycles. The molecule has 28 heavy (non-hydrogen) atoms. The molecule has 0 amide bonds. The summed E-state index contributed by atoms with van der Waals surface area (Å²) >= 11 is 0. The Labute approximate surface area is 161 Å². The first-order chi connectivity index (χ1) is 13.6. The number of hydrogen-bond acceptors (Lipinski definition) is 5. The third kappa shape index (κ3) is 2.83. The molecule has 6 nitrogen and oxygen atoms in total. The Morgan fingerprint density at radius 1 is 1.18 bits per heavy atom. The van der Waals surface area contributed by atoms with Gasteiger partial charge in [-0.25, -0.2) is 9.37 Å². The van der Waals surface area contributed by atoms with Crippen LogP contribution in [-0.4, -0.2) is 26.8 Å². The Balaban J connectivity index is 1.35. The van der Waals surface area contributed by atoms with Gasteiger partial charge in [-0.15, -0.1) is 0 Å². The Morgan fingerprint density at radius 3 is 2.89 bits per heavy atom. The molecular formula is C21H19FN4O2. The Morgan fingerprint density at radius 2 is 2.04 bits per heavy atom.